The number of carbonyl (C=O) groups is 1. The average molecular weight is 388 g/mol. The lowest BCUT2D eigenvalue weighted by Crippen LogP contribution is -2.49. The van der Waals surface area contributed by atoms with Gasteiger partial charge in [0.2, 0.25) is 15.9 Å². The maximum atomic E-state index is 12.7. The first-order valence-corrected chi connectivity index (χ1v) is 10.5. The van der Waals surface area contributed by atoms with Crippen LogP contribution in [0.3, 0.4) is 0 Å². The Morgan fingerprint density at radius 2 is 1.74 bits per heavy atom. The molecule has 1 saturated heterocycles. The van der Waals surface area contributed by atoms with Gasteiger partial charge in [-0.1, -0.05) is 48.5 Å². The largest absolute Gasteiger partial charge is 0.376 e. The molecule has 0 aromatic heterocycles. The Morgan fingerprint density at radius 3 is 2.37 bits per heavy atom. The van der Waals surface area contributed by atoms with Crippen molar-refractivity contribution < 1.29 is 17.9 Å². The van der Waals surface area contributed by atoms with Crippen LogP contribution >= 0.6 is 0 Å². The first kappa shape index (κ1) is 19.5. The Bertz CT molecular complexity index is 835. The zero-order valence-corrected chi connectivity index (χ0v) is 15.8. The highest BCUT2D eigenvalue weighted by molar-refractivity contribution is 7.89. The highest BCUT2D eigenvalue weighted by atomic mass is 32.2. The molecule has 0 unspecified atom stereocenters. The molecule has 0 saturated carbocycles. The molecule has 0 radical (unpaired) electrons. The van der Waals surface area contributed by atoms with E-state index in [1.54, 1.807) is 18.2 Å². The number of hydrogen-bond acceptors (Lipinski definition) is 4. The van der Waals surface area contributed by atoms with Gasteiger partial charge in [-0.15, -0.1) is 0 Å². The minimum Gasteiger partial charge on any atom is -0.376 e. The third-order valence-corrected chi connectivity index (χ3v) is 5.97. The van der Waals surface area contributed by atoms with E-state index in [2.05, 4.69) is 10.0 Å². The lowest BCUT2D eigenvalue weighted by atomic mass is 10.1. The monoisotopic (exact) mass is 388 g/mol. The van der Waals surface area contributed by atoms with Crippen LogP contribution in [0.15, 0.2) is 65.6 Å². The Morgan fingerprint density at radius 1 is 1.07 bits per heavy atom. The van der Waals surface area contributed by atoms with Gasteiger partial charge in [0.15, 0.2) is 0 Å². The van der Waals surface area contributed by atoms with Crippen molar-refractivity contribution in [2.45, 2.75) is 36.3 Å². The number of ether oxygens (including phenoxy) is 1. The second kappa shape index (κ2) is 9.12. The highest BCUT2D eigenvalue weighted by Crippen LogP contribution is 2.13. The van der Waals surface area contributed by atoms with Crippen LogP contribution in [-0.4, -0.2) is 39.6 Å². The fourth-order valence-corrected chi connectivity index (χ4v) is 4.25. The van der Waals surface area contributed by atoms with Gasteiger partial charge in [0.1, 0.15) is 6.04 Å². The summed E-state index contributed by atoms with van der Waals surface area (Å²) in [4.78, 5) is 12.9. The van der Waals surface area contributed by atoms with Crippen LogP contribution < -0.4 is 10.0 Å². The second-order valence-corrected chi connectivity index (χ2v) is 8.27. The van der Waals surface area contributed by atoms with Gasteiger partial charge in [0.25, 0.3) is 0 Å². The van der Waals surface area contributed by atoms with Crippen LogP contribution in [0, 0.1) is 0 Å². The number of nitrogens with one attached hydrogen (secondary N) is 2. The lowest BCUT2D eigenvalue weighted by molar-refractivity contribution is -0.123. The minimum atomic E-state index is -3.80. The first-order valence-electron chi connectivity index (χ1n) is 9.05. The van der Waals surface area contributed by atoms with Gasteiger partial charge >= 0.3 is 0 Å². The van der Waals surface area contributed by atoms with Gasteiger partial charge in [0.05, 0.1) is 11.0 Å². The van der Waals surface area contributed by atoms with Crippen molar-refractivity contribution in [3.05, 3.63) is 66.2 Å². The number of benzene rings is 2. The molecular weight excluding hydrogens is 364 g/mol. The van der Waals surface area contributed by atoms with Crippen LogP contribution in [0.1, 0.15) is 18.4 Å². The molecule has 0 spiro atoms. The van der Waals surface area contributed by atoms with Crippen molar-refractivity contribution in [3.63, 3.8) is 0 Å². The van der Waals surface area contributed by atoms with Crippen LogP contribution in [-0.2, 0) is 26.0 Å². The van der Waals surface area contributed by atoms with E-state index in [9.17, 15) is 13.2 Å². The minimum absolute atomic E-state index is 0.00273. The fraction of sp³-hybridized carbons (Fsp3) is 0.350. The van der Waals surface area contributed by atoms with Crippen LogP contribution in [0.2, 0.25) is 0 Å². The summed E-state index contributed by atoms with van der Waals surface area (Å²) in [6.45, 7) is 1.09. The Balaban J connectivity index is 1.73. The molecule has 2 atom stereocenters. The third-order valence-electron chi connectivity index (χ3n) is 4.48. The average Bonchev–Trinajstić information content (AvgIpc) is 3.20. The van der Waals surface area contributed by atoms with E-state index in [1.165, 1.54) is 12.1 Å². The summed E-state index contributed by atoms with van der Waals surface area (Å²) in [6, 6.07) is 16.5. The quantitative estimate of drug-likeness (QED) is 0.723. The fourth-order valence-electron chi connectivity index (χ4n) is 3.04. The van der Waals surface area contributed by atoms with Gasteiger partial charge in [-0.05, 0) is 37.0 Å². The van der Waals surface area contributed by atoms with Crippen LogP contribution in [0.25, 0.3) is 0 Å². The number of amides is 1. The van der Waals surface area contributed by atoms with E-state index >= 15 is 0 Å². The summed E-state index contributed by atoms with van der Waals surface area (Å²) < 4.78 is 33.4. The molecule has 1 aliphatic heterocycles. The van der Waals surface area contributed by atoms with Crippen molar-refractivity contribution in [2.75, 3.05) is 13.2 Å². The van der Waals surface area contributed by atoms with Crippen LogP contribution in [0.5, 0.6) is 0 Å². The molecule has 2 N–H and O–H groups in total. The van der Waals surface area contributed by atoms with Crippen molar-refractivity contribution in [3.8, 4) is 0 Å². The lowest BCUT2D eigenvalue weighted by Gasteiger charge is -2.20. The molecule has 0 aliphatic carbocycles. The zero-order valence-electron chi connectivity index (χ0n) is 15.0. The van der Waals surface area contributed by atoms with E-state index in [0.29, 0.717) is 13.2 Å². The molecule has 27 heavy (non-hydrogen) atoms. The first-order chi connectivity index (χ1) is 13.0. The van der Waals surface area contributed by atoms with Gasteiger partial charge in [0, 0.05) is 13.2 Å². The molecule has 0 bridgehead atoms. The van der Waals surface area contributed by atoms with E-state index in [0.717, 1.165) is 18.4 Å². The summed E-state index contributed by atoms with van der Waals surface area (Å²) in [6.07, 6.45) is 2.15. The molecule has 2 aromatic carbocycles. The van der Waals surface area contributed by atoms with E-state index < -0.39 is 16.1 Å². The molecule has 3 rings (SSSR count). The summed E-state index contributed by atoms with van der Waals surface area (Å²) in [5, 5.41) is 2.83. The maximum absolute atomic E-state index is 12.7. The second-order valence-electron chi connectivity index (χ2n) is 6.56. The standard InChI is InChI=1S/C20H24N2O4S/c23-20(21-15-17-10-7-13-26-17)19(14-16-8-3-1-4-9-16)22-27(24,25)18-11-5-2-6-12-18/h1-6,8-9,11-12,17,19,22H,7,10,13-15H2,(H,21,23)/t17-,19+/m0/s1. The highest BCUT2D eigenvalue weighted by Gasteiger charge is 2.27. The summed E-state index contributed by atoms with van der Waals surface area (Å²) in [5.41, 5.74) is 0.880. The molecule has 144 valence electrons. The van der Waals surface area contributed by atoms with E-state index in [-0.39, 0.29) is 23.3 Å². The number of hydrogen-bond donors (Lipinski definition) is 2. The van der Waals surface area contributed by atoms with Crippen LogP contribution in [0.4, 0.5) is 0 Å². The Kier molecular flexibility index (Phi) is 6.60. The van der Waals surface area contributed by atoms with E-state index in [1.807, 2.05) is 30.3 Å². The zero-order chi connectivity index (χ0) is 19.1. The molecule has 1 aliphatic rings. The summed E-state index contributed by atoms with van der Waals surface area (Å²) in [5.74, 6) is -0.353. The molecule has 1 heterocycles. The predicted octanol–water partition coefficient (Wildman–Crippen LogP) is 1.87. The Hall–Kier alpha value is -2.22. The Labute approximate surface area is 160 Å². The summed E-state index contributed by atoms with van der Waals surface area (Å²) in [7, 11) is -3.80. The predicted molar refractivity (Wildman–Crippen MR) is 103 cm³/mol. The van der Waals surface area contributed by atoms with E-state index in [4.69, 9.17) is 4.74 Å². The smallest absolute Gasteiger partial charge is 0.241 e. The van der Waals surface area contributed by atoms with Gasteiger partial charge in [-0.3, -0.25) is 4.79 Å². The summed E-state index contributed by atoms with van der Waals surface area (Å²) >= 11 is 0. The molecule has 1 amide bonds. The maximum Gasteiger partial charge on any atom is 0.241 e. The van der Waals surface area contributed by atoms with Gasteiger partial charge in [-0.2, -0.15) is 4.72 Å². The molecule has 7 heteroatoms. The topological polar surface area (TPSA) is 84.5 Å². The number of carbonyl (C=O) groups excluding carboxylic acids is 1. The molecule has 6 nitrogen and oxygen atoms in total. The normalized spacial score (nSPS) is 18.1. The van der Waals surface area contributed by atoms with Crippen molar-refractivity contribution in [1.29, 1.82) is 0 Å². The number of rotatable bonds is 8. The van der Waals surface area contributed by atoms with Crippen molar-refractivity contribution in [1.82, 2.24) is 10.0 Å². The van der Waals surface area contributed by atoms with Gasteiger partial charge < -0.3 is 10.1 Å². The SMILES string of the molecule is O=C(NC[C@@H]1CCCO1)[C@@H](Cc1ccccc1)NS(=O)(=O)c1ccccc1. The molecule has 2 aromatic rings. The van der Waals surface area contributed by atoms with Crippen molar-refractivity contribution in [2.24, 2.45) is 0 Å². The van der Waals surface area contributed by atoms with Gasteiger partial charge in [-0.25, -0.2) is 8.42 Å². The third kappa shape index (κ3) is 5.63. The van der Waals surface area contributed by atoms with Crippen molar-refractivity contribution >= 4 is 15.9 Å². The molecule has 1 fully saturated rings. The molecular formula is C20H24N2O4S. The number of sulfonamides is 1.